The molecule has 0 aliphatic carbocycles. The highest BCUT2D eigenvalue weighted by molar-refractivity contribution is 6.10. The van der Waals surface area contributed by atoms with Crippen LogP contribution in [-0.2, 0) is 18.9 Å². The van der Waals surface area contributed by atoms with E-state index in [-0.39, 0.29) is 23.9 Å². The van der Waals surface area contributed by atoms with E-state index in [2.05, 4.69) is 10.4 Å². The molecule has 4 aromatic rings. The number of anilines is 1. The van der Waals surface area contributed by atoms with Gasteiger partial charge < -0.3 is 5.32 Å². The number of hydrogen-bond donors (Lipinski definition) is 1. The van der Waals surface area contributed by atoms with Crippen molar-refractivity contribution in [3.05, 3.63) is 106 Å². The molecule has 0 unspecified atom stereocenters. The molecule has 0 atom stereocenters. The summed E-state index contributed by atoms with van der Waals surface area (Å²) in [7, 11) is 0. The van der Waals surface area contributed by atoms with Gasteiger partial charge in [-0.05, 0) is 30.7 Å². The normalized spacial score (nSPS) is 11.9. The van der Waals surface area contributed by atoms with Crippen molar-refractivity contribution in [3.63, 3.8) is 0 Å². The minimum atomic E-state index is -5.11. The van der Waals surface area contributed by atoms with Crippen LogP contribution in [0.25, 0.3) is 22.4 Å². The lowest BCUT2D eigenvalue weighted by atomic mass is 9.95. The molecule has 0 bridgehead atoms. The fourth-order valence-corrected chi connectivity index (χ4v) is 3.90. The Morgan fingerprint density at radius 1 is 0.816 bits per heavy atom. The van der Waals surface area contributed by atoms with Gasteiger partial charge in [0.25, 0.3) is 11.5 Å². The van der Waals surface area contributed by atoms with E-state index in [1.54, 1.807) is 67.6 Å². The molecule has 0 saturated heterocycles. The number of carbonyl (C=O) groups is 1. The highest BCUT2D eigenvalue weighted by Crippen LogP contribution is 2.38. The van der Waals surface area contributed by atoms with Gasteiger partial charge in [0, 0.05) is 23.4 Å². The van der Waals surface area contributed by atoms with E-state index in [0.29, 0.717) is 23.3 Å². The zero-order valence-electron chi connectivity index (χ0n) is 19.7. The van der Waals surface area contributed by atoms with Gasteiger partial charge in [0.2, 0.25) is 0 Å². The molecule has 0 aliphatic heterocycles. The Balaban J connectivity index is 1.95. The third-order valence-electron chi connectivity index (χ3n) is 5.64. The van der Waals surface area contributed by atoms with Crippen LogP contribution in [0, 0.1) is 0 Å². The van der Waals surface area contributed by atoms with Gasteiger partial charge >= 0.3 is 12.4 Å². The number of nitrogens with zero attached hydrogens (tertiary/aromatic N) is 2. The first-order valence-corrected chi connectivity index (χ1v) is 11.3. The topological polar surface area (TPSA) is 64.0 Å². The number of aryl methyl sites for hydroxylation is 1. The molecule has 0 radical (unpaired) electrons. The van der Waals surface area contributed by atoms with E-state index in [0.717, 1.165) is 4.68 Å². The summed E-state index contributed by atoms with van der Waals surface area (Å²) < 4.78 is 81.1. The van der Waals surface area contributed by atoms with E-state index in [9.17, 15) is 35.9 Å². The third kappa shape index (κ3) is 5.46. The Labute approximate surface area is 212 Å². The van der Waals surface area contributed by atoms with E-state index in [1.165, 1.54) is 0 Å². The third-order valence-corrected chi connectivity index (χ3v) is 5.64. The van der Waals surface area contributed by atoms with Crippen LogP contribution in [0.3, 0.4) is 0 Å². The summed E-state index contributed by atoms with van der Waals surface area (Å²) in [6.07, 6.45) is -10.2. The van der Waals surface area contributed by atoms with Crippen molar-refractivity contribution in [2.45, 2.75) is 25.8 Å². The SMILES string of the molecule is CCn1nc(-c2ccccc2)c(-c2ccccc2)c(C(=O)Nc2cc(C(F)(F)F)cc(C(F)(F)F)c2)c1=O. The second kappa shape index (κ2) is 10.2. The number of halogens is 6. The van der Waals surface area contributed by atoms with Crippen molar-refractivity contribution >= 4 is 11.6 Å². The summed E-state index contributed by atoms with van der Waals surface area (Å²) in [5.41, 5.74) is -4.02. The molecule has 1 amide bonds. The number of benzene rings is 3. The van der Waals surface area contributed by atoms with E-state index in [4.69, 9.17) is 0 Å². The van der Waals surface area contributed by atoms with E-state index >= 15 is 0 Å². The molecule has 1 heterocycles. The number of rotatable bonds is 5. The maximum absolute atomic E-state index is 13.5. The van der Waals surface area contributed by atoms with Gasteiger partial charge in [0.1, 0.15) is 5.56 Å². The lowest BCUT2D eigenvalue weighted by Gasteiger charge is -2.18. The number of nitrogens with one attached hydrogen (secondary N) is 1. The molecule has 11 heteroatoms. The summed E-state index contributed by atoms with van der Waals surface area (Å²) in [4.78, 5) is 26.8. The molecule has 1 N–H and O–H groups in total. The first-order chi connectivity index (χ1) is 17.9. The number of aromatic nitrogens is 2. The molecular formula is C27H19F6N3O2. The van der Waals surface area contributed by atoms with Crippen molar-refractivity contribution in [1.82, 2.24) is 9.78 Å². The Morgan fingerprint density at radius 2 is 1.32 bits per heavy atom. The van der Waals surface area contributed by atoms with Gasteiger partial charge in [0.05, 0.1) is 16.8 Å². The maximum atomic E-state index is 13.5. The Bertz CT molecular complexity index is 1500. The van der Waals surface area contributed by atoms with Gasteiger partial charge in [-0.25, -0.2) is 4.68 Å². The van der Waals surface area contributed by atoms with Crippen LogP contribution in [0.15, 0.2) is 83.7 Å². The van der Waals surface area contributed by atoms with Gasteiger partial charge in [-0.15, -0.1) is 0 Å². The number of carbonyl (C=O) groups excluding carboxylic acids is 1. The minimum absolute atomic E-state index is 0.0466. The van der Waals surface area contributed by atoms with Gasteiger partial charge in [-0.3, -0.25) is 9.59 Å². The van der Waals surface area contributed by atoms with Crippen LogP contribution in [0.2, 0.25) is 0 Å². The fraction of sp³-hybridized carbons (Fsp3) is 0.148. The number of hydrogen-bond acceptors (Lipinski definition) is 3. The summed E-state index contributed by atoms with van der Waals surface area (Å²) in [5, 5.41) is 6.49. The molecule has 0 fully saturated rings. The highest BCUT2D eigenvalue weighted by atomic mass is 19.4. The monoisotopic (exact) mass is 531 g/mol. The van der Waals surface area contributed by atoms with Crippen LogP contribution < -0.4 is 10.9 Å². The number of alkyl halides is 6. The first kappa shape index (κ1) is 26.6. The molecule has 196 valence electrons. The highest BCUT2D eigenvalue weighted by Gasteiger charge is 2.37. The second-order valence-electron chi connectivity index (χ2n) is 8.20. The zero-order chi connectivity index (χ0) is 27.7. The second-order valence-corrected chi connectivity index (χ2v) is 8.20. The summed E-state index contributed by atoms with van der Waals surface area (Å²) in [6.45, 7) is 1.66. The van der Waals surface area contributed by atoms with Crippen LogP contribution in [0.4, 0.5) is 32.0 Å². The first-order valence-electron chi connectivity index (χ1n) is 11.3. The molecular weight excluding hydrogens is 512 g/mol. The molecule has 4 rings (SSSR count). The van der Waals surface area contributed by atoms with Gasteiger partial charge in [-0.1, -0.05) is 60.7 Å². The Kier molecular flexibility index (Phi) is 7.12. The van der Waals surface area contributed by atoms with Crippen molar-refractivity contribution in [1.29, 1.82) is 0 Å². The predicted octanol–water partition coefficient (Wildman–Crippen LogP) is 6.89. The van der Waals surface area contributed by atoms with Gasteiger partial charge in [0.15, 0.2) is 0 Å². The molecule has 1 aromatic heterocycles. The molecule has 0 saturated carbocycles. The van der Waals surface area contributed by atoms with Crippen molar-refractivity contribution in [2.75, 3.05) is 5.32 Å². The van der Waals surface area contributed by atoms with Crippen LogP contribution in [0.1, 0.15) is 28.4 Å². The van der Waals surface area contributed by atoms with E-state index in [1.807, 2.05) is 0 Å². The fourth-order valence-electron chi connectivity index (χ4n) is 3.90. The number of amides is 1. The Hall–Kier alpha value is -4.41. The predicted molar refractivity (Wildman–Crippen MR) is 129 cm³/mol. The summed E-state index contributed by atoms with van der Waals surface area (Å²) >= 11 is 0. The average Bonchev–Trinajstić information content (AvgIpc) is 2.88. The zero-order valence-corrected chi connectivity index (χ0v) is 19.7. The molecule has 38 heavy (non-hydrogen) atoms. The van der Waals surface area contributed by atoms with Gasteiger partial charge in [-0.2, -0.15) is 31.4 Å². The average molecular weight is 531 g/mol. The quantitative estimate of drug-likeness (QED) is 0.286. The van der Waals surface area contributed by atoms with E-state index < -0.39 is 46.2 Å². The van der Waals surface area contributed by atoms with Crippen LogP contribution >= 0.6 is 0 Å². The largest absolute Gasteiger partial charge is 0.416 e. The Morgan fingerprint density at radius 3 is 1.79 bits per heavy atom. The lowest BCUT2D eigenvalue weighted by molar-refractivity contribution is -0.143. The minimum Gasteiger partial charge on any atom is -0.322 e. The van der Waals surface area contributed by atoms with Crippen LogP contribution in [0.5, 0.6) is 0 Å². The van der Waals surface area contributed by atoms with Crippen molar-refractivity contribution in [3.8, 4) is 22.4 Å². The lowest BCUT2D eigenvalue weighted by Crippen LogP contribution is -2.32. The van der Waals surface area contributed by atoms with Crippen LogP contribution in [-0.4, -0.2) is 15.7 Å². The van der Waals surface area contributed by atoms with Crippen molar-refractivity contribution < 1.29 is 31.1 Å². The molecule has 5 nitrogen and oxygen atoms in total. The summed E-state index contributed by atoms with van der Waals surface area (Å²) in [5.74, 6) is -1.18. The molecule has 0 aliphatic rings. The maximum Gasteiger partial charge on any atom is 0.416 e. The summed E-state index contributed by atoms with van der Waals surface area (Å²) in [6, 6.07) is 17.5. The standard InChI is InChI=1S/C27H19F6N3O2/c1-2-36-25(38)22(21(16-9-5-3-6-10-16)23(35-36)17-11-7-4-8-12-17)24(37)34-20-14-18(26(28,29)30)13-19(15-20)27(31,32)33/h3-15H,2H2,1H3,(H,34,37). The molecule has 3 aromatic carbocycles. The smallest absolute Gasteiger partial charge is 0.322 e. The molecule has 0 spiro atoms. The van der Waals surface area contributed by atoms with Crippen molar-refractivity contribution in [2.24, 2.45) is 0 Å².